The average Bonchev–Trinajstić information content (AvgIpc) is 2.83. The Hall–Kier alpha value is -1.27. The van der Waals surface area contributed by atoms with E-state index in [1.165, 1.54) is 5.57 Å². The molecule has 0 spiro atoms. The number of aliphatic hydroxyl groups excluding tert-OH is 1. The Morgan fingerprint density at radius 1 is 1.50 bits per heavy atom. The van der Waals surface area contributed by atoms with E-state index in [1.807, 2.05) is 26.8 Å². The van der Waals surface area contributed by atoms with E-state index in [4.69, 9.17) is 4.74 Å². The van der Waals surface area contributed by atoms with Crippen LogP contribution in [0.15, 0.2) is 34.0 Å². The van der Waals surface area contributed by atoms with Crippen LogP contribution in [0.4, 0.5) is 4.79 Å². The van der Waals surface area contributed by atoms with Crippen LogP contribution >= 0.6 is 15.9 Å². The summed E-state index contributed by atoms with van der Waals surface area (Å²) >= 11 is 3.55. The highest BCUT2D eigenvalue weighted by Crippen LogP contribution is 2.42. The molecule has 0 saturated heterocycles. The van der Waals surface area contributed by atoms with Crippen molar-refractivity contribution in [2.45, 2.75) is 51.3 Å². The van der Waals surface area contributed by atoms with Crippen LogP contribution < -0.4 is 10.6 Å². The van der Waals surface area contributed by atoms with E-state index in [0.29, 0.717) is 0 Å². The van der Waals surface area contributed by atoms with Gasteiger partial charge in [-0.15, -0.1) is 0 Å². The van der Waals surface area contributed by atoms with Crippen LogP contribution in [0.5, 0.6) is 0 Å². The molecular formula is C18H25BrN2O3. The number of hydrogen-bond acceptors (Lipinski definition) is 4. The highest BCUT2D eigenvalue weighted by molar-refractivity contribution is 9.11. The number of nitrogens with one attached hydrogen (secondary N) is 2. The third-order valence-corrected chi connectivity index (χ3v) is 5.16. The Bertz CT molecular complexity index is 618. The van der Waals surface area contributed by atoms with E-state index >= 15 is 0 Å². The Morgan fingerprint density at radius 2 is 2.25 bits per heavy atom. The zero-order valence-electron chi connectivity index (χ0n) is 14.3. The maximum Gasteiger partial charge on any atom is 0.408 e. The minimum Gasteiger partial charge on any atom is -0.444 e. The van der Waals surface area contributed by atoms with Gasteiger partial charge in [-0.3, -0.25) is 0 Å². The first-order chi connectivity index (χ1) is 11.3. The van der Waals surface area contributed by atoms with Crippen LogP contribution in [-0.4, -0.2) is 35.5 Å². The van der Waals surface area contributed by atoms with Crippen molar-refractivity contribution in [1.82, 2.24) is 10.6 Å². The highest BCUT2D eigenvalue weighted by atomic mass is 79.9. The second kappa shape index (κ2) is 6.56. The van der Waals surface area contributed by atoms with Gasteiger partial charge < -0.3 is 20.5 Å². The molecule has 6 heteroatoms. The monoisotopic (exact) mass is 396 g/mol. The number of carbonyl (C=O) groups excluding carboxylic acids is 1. The maximum atomic E-state index is 12.2. The van der Waals surface area contributed by atoms with Crippen molar-refractivity contribution in [3.8, 4) is 0 Å². The molecule has 4 atom stereocenters. The molecule has 1 heterocycles. The van der Waals surface area contributed by atoms with Crippen molar-refractivity contribution in [2.75, 3.05) is 6.61 Å². The van der Waals surface area contributed by atoms with Crippen molar-refractivity contribution in [3.05, 3.63) is 34.0 Å². The SMILES string of the molecule is CC(C)(C)OC(=O)NC1CC(CO)CC2=C1NC1C=CC(Br)=CC21. The number of ether oxygens (including phenoxy) is 1. The first-order valence-corrected chi connectivity index (χ1v) is 9.21. The van der Waals surface area contributed by atoms with Crippen molar-refractivity contribution in [1.29, 1.82) is 0 Å². The molecule has 132 valence electrons. The predicted octanol–water partition coefficient (Wildman–Crippen LogP) is 2.97. The predicted molar refractivity (Wildman–Crippen MR) is 96.6 cm³/mol. The summed E-state index contributed by atoms with van der Waals surface area (Å²) in [5.41, 5.74) is 1.84. The van der Waals surface area contributed by atoms with Gasteiger partial charge in [0.2, 0.25) is 0 Å². The van der Waals surface area contributed by atoms with Gasteiger partial charge in [-0.25, -0.2) is 4.79 Å². The van der Waals surface area contributed by atoms with Crippen molar-refractivity contribution < 1.29 is 14.6 Å². The van der Waals surface area contributed by atoms with Gasteiger partial charge in [0.25, 0.3) is 0 Å². The molecule has 0 aromatic carbocycles. The third-order valence-electron chi connectivity index (χ3n) is 4.63. The fourth-order valence-corrected chi connectivity index (χ4v) is 4.13. The van der Waals surface area contributed by atoms with Gasteiger partial charge in [-0.1, -0.05) is 34.2 Å². The topological polar surface area (TPSA) is 70.6 Å². The van der Waals surface area contributed by atoms with Gasteiger partial charge in [-0.05, 0) is 45.1 Å². The number of allylic oxidation sites excluding steroid dienone is 2. The van der Waals surface area contributed by atoms with Crippen LogP contribution in [0.2, 0.25) is 0 Å². The van der Waals surface area contributed by atoms with Gasteiger partial charge >= 0.3 is 6.09 Å². The van der Waals surface area contributed by atoms with Crippen LogP contribution in [-0.2, 0) is 4.74 Å². The van der Waals surface area contributed by atoms with Crippen molar-refractivity contribution in [2.24, 2.45) is 11.8 Å². The molecule has 0 fully saturated rings. The molecule has 1 aliphatic heterocycles. The summed E-state index contributed by atoms with van der Waals surface area (Å²) in [6.45, 7) is 5.68. The second-order valence-corrected chi connectivity index (χ2v) is 8.65. The minimum atomic E-state index is -0.528. The Morgan fingerprint density at radius 3 is 2.92 bits per heavy atom. The summed E-state index contributed by atoms with van der Waals surface area (Å²) in [6.07, 6.45) is 7.55. The number of halogens is 1. The molecule has 3 N–H and O–H groups in total. The normalized spacial score (nSPS) is 31.8. The van der Waals surface area contributed by atoms with E-state index in [2.05, 4.69) is 38.7 Å². The second-order valence-electron chi connectivity index (χ2n) is 7.73. The van der Waals surface area contributed by atoms with E-state index in [1.54, 1.807) is 0 Å². The van der Waals surface area contributed by atoms with Crippen LogP contribution in [0, 0.1) is 11.8 Å². The summed E-state index contributed by atoms with van der Waals surface area (Å²) in [6, 6.07) is 0.0728. The number of carbonyl (C=O) groups is 1. The Labute approximate surface area is 151 Å². The van der Waals surface area contributed by atoms with Crippen LogP contribution in [0.3, 0.4) is 0 Å². The first-order valence-electron chi connectivity index (χ1n) is 8.42. The molecule has 0 aromatic heterocycles. The summed E-state index contributed by atoms with van der Waals surface area (Å²) in [5, 5.41) is 16.2. The molecule has 1 amide bonds. The Kier molecular flexibility index (Phi) is 4.80. The molecule has 5 nitrogen and oxygen atoms in total. The number of rotatable bonds is 2. The Balaban J connectivity index is 1.81. The van der Waals surface area contributed by atoms with Crippen molar-refractivity contribution >= 4 is 22.0 Å². The van der Waals surface area contributed by atoms with Gasteiger partial charge in [-0.2, -0.15) is 0 Å². The molecule has 3 aliphatic rings. The standard InChI is InChI=1S/C18H25BrN2O3/c1-18(2,3)24-17(23)21-15-7-10(9-22)6-13-12-8-11(19)4-5-14(12)20-16(13)15/h4-5,8,10,12,14-15,20,22H,6-7,9H2,1-3H3,(H,21,23). The zero-order valence-corrected chi connectivity index (χ0v) is 15.9. The van der Waals surface area contributed by atoms with E-state index in [9.17, 15) is 9.90 Å². The van der Waals surface area contributed by atoms with E-state index < -0.39 is 11.7 Å². The lowest BCUT2D eigenvalue weighted by atomic mass is 9.79. The molecule has 24 heavy (non-hydrogen) atoms. The summed E-state index contributed by atoms with van der Waals surface area (Å²) in [7, 11) is 0. The lowest BCUT2D eigenvalue weighted by Gasteiger charge is -2.32. The number of aliphatic hydroxyl groups is 1. The fraction of sp³-hybridized carbons (Fsp3) is 0.611. The van der Waals surface area contributed by atoms with E-state index in [0.717, 1.165) is 23.0 Å². The molecular weight excluding hydrogens is 372 g/mol. The molecule has 0 bridgehead atoms. The number of alkyl carbamates (subject to hydrolysis) is 1. The van der Waals surface area contributed by atoms with Crippen molar-refractivity contribution in [3.63, 3.8) is 0 Å². The lowest BCUT2D eigenvalue weighted by Crippen LogP contribution is -2.45. The summed E-state index contributed by atoms with van der Waals surface area (Å²) in [5.74, 6) is 0.430. The molecule has 4 unspecified atom stereocenters. The lowest BCUT2D eigenvalue weighted by molar-refractivity contribution is 0.0498. The smallest absolute Gasteiger partial charge is 0.408 e. The number of amides is 1. The number of hydrogen-bond donors (Lipinski definition) is 3. The largest absolute Gasteiger partial charge is 0.444 e. The van der Waals surface area contributed by atoms with Crippen LogP contribution in [0.25, 0.3) is 0 Å². The highest BCUT2D eigenvalue weighted by Gasteiger charge is 2.41. The van der Waals surface area contributed by atoms with Crippen LogP contribution in [0.1, 0.15) is 33.6 Å². The third kappa shape index (κ3) is 3.70. The molecule has 0 radical (unpaired) electrons. The summed E-state index contributed by atoms with van der Waals surface area (Å²) in [4.78, 5) is 12.2. The average molecular weight is 397 g/mol. The molecule has 2 aliphatic carbocycles. The fourth-order valence-electron chi connectivity index (χ4n) is 3.69. The van der Waals surface area contributed by atoms with Gasteiger partial charge in [0, 0.05) is 22.7 Å². The van der Waals surface area contributed by atoms with Gasteiger partial charge in [0.15, 0.2) is 0 Å². The molecule has 3 rings (SSSR count). The zero-order chi connectivity index (χ0) is 17.5. The quantitative estimate of drug-likeness (QED) is 0.670. The minimum absolute atomic E-state index is 0.126. The van der Waals surface area contributed by atoms with Gasteiger partial charge in [0.1, 0.15) is 5.60 Å². The molecule has 0 saturated carbocycles. The number of fused-ring (bicyclic) bond motifs is 2. The first kappa shape index (κ1) is 17.5. The summed E-state index contributed by atoms with van der Waals surface area (Å²) < 4.78 is 6.47. The molecule has 0 aromatic rings. The van der Waals surface area contributed by atoms with E-state index in [-0.39, 0.29) is 30.5 Å². The van der Waals surface area contributed by atoms with Gasteiger partial charge in [0.05, 0.1) is 12.1 Å². The maximum absolute atomic E-state index is 12.2.